The largest absolute Gasteiger partial charge is 0.374 e. The van der Waals surface area contributed by atoms with Crippen LogP contribution in [-0.2, 0) is 4.79 Å². The third-order valence-electron chi connectivity index (χ3n) is 5.38. The predicted molar refractivity (Wildman–Crippen MR) is 118 cm³/mol. The number of amides is 1. The molecule has 0 aliphatic heterocycles. The summed E-state index contributed by atoms with van der Waals surface area (Å²) in [6, 6.07) is 0. The van der Waals surface area contributed by atoms with Gasteiger partial charge in [-0.25, -0.2) is 0 Å². The van der Waals surface area contributed by atoms with Gasteiger partial charge in [0, 0.05) is 6.42 Å². The highest BCUT2D eigenvalue weighted by molar-refractivity contribution is 5.75. The minimum absolute atomic E-state index is 0.0306. The summed E-state index contributed by atoms with van der Waals surface area (Å²) < 4.78 is 0. The molecular formula is C24H49NO2. The van der Waals surface area contributed by atoms with Gasteiger partial charge < -0.3 is 10.4 Å². The second-order valence-electron chi connectivity index (χ2n) is 8.36. The Hall–Kier alpha value is -0.570. The fourth-order valence-electron chi connectivity index (χ4n) is 3.67. The zero-order chi connectivity index (χ0) is 20.0. The molecule has 162 valence electrons. The van der Waals surface area contributed by atoms with Crippen LogP contribution in [0.1, 0.15) is 142 Å². The topological polar surface area (TPSA) is 49.3 Å². The lowest BCUT2D eigenvalue weighted by Gasteiger charge is -2.07. The molecule has 0 rings (SSSR count). The van der Waals surface area contributed by atoms with Crippen LogP contribution in [0.3, 0.4) is 0 Å². The van der Waals surface area contributed by atoms with Crippen LogP contribution in [0.25, 0.3) is 0 Å². The summed E-state index contributed by atoms with van der Waals surface area (Å²) in [5, 5.41) is 11.6. The van der Waals surface area contributed by atoms with Crippen molar-refractivity contribution in [1.82, 2.24) is 5.32 Å². The van der Waals surface area contributed by atoms with Crippen LogP contribution in [0.4, 0.5) is 0 Å². The number of unbranched alkanes of at least 4 members (excludes halogenated alkanes) is 18. The summed E-state index contributed by atoms with van der Waals surface area (Å²) in [5.41, 5.74) is 0. The van der Waals surface area contributed by atoms with Crippen molar-refractivity contribution in [3.63, 3.8) is 0 Å². The number of nitrogens with one attached hydrogen (secondary N) is 1. The maximum Gasteiger partial charge on any atom is 0.221 e. The average Bonchev–Trinajstić information content (AvgIpc) is 2.63. The molecule has 0 bridgehead atoms. The lowest BCUT2D eigenvalue weighted by molar-refractivity contribution is -0.123. The molecule has 0 radical (unpaired) electrons. The quantitative estimate of drug-likeness (QED) is 0.162. The monoisotopic (exact) mass is 383 g/mol. The number of aliphatic hydroxyl groups is 1. The van der Waals surface area contributed by atoms with Crippen LogP contribution < -0.4 is 5.32 Å². The van der Waals surface area contributed by atoms with E-state index in [1.165, 1.54) is 109 Å². The zero-order valence-electron chi connectivity index (χ0n) is 18.6. The number of hydrogen-bond acceptors (Lipinski definition) is 2. The molecule has 3 nitrogen and oxygen atoms in total. The van der Waals surface area contributed by atoms with E-state index in [2.05, 4.69) is 12.2 Å². The highest BCUT2D eigenvalue weighted by Gasteiger charge is 2.03. The van der Waals surface area contributed by atoms with Crippen molar-refractivity contribution >= 4 is 5.91 Å². The molecule has 2 N–H and O–H groups in total. The van der Waals surface area contributed by atoms with Crippen molar-refractivity contribution in [3.8, 4) is 0 Å². The van der Waals surface area contributed by atoms with Crippen LogP contribution in [0.2, 0.25) is 0 Å². The molecule has 0 spiro atoms. The van der Waals surface area contributed by atoms with E-state index in [9.17, 15) is 4.79 Å². The fraction of sp³-hybridized carbons (Fsp3) is 0.958. The third kappa shape index (κ3) is 23.4. The molecule has 1 atom stereocenters. The Balaban J connectivity index is 3.06. The van der Waals surface area contributed by atoms with E-state index >= 15 is 0 Å². The van der Waals surface area contributed by atoms with E-state index in [0.29, 0.717) is 6.42 Å². The van der Waals surface area contributed by atoms with Crippen LogP contribution in [0.5, 0.6) is 0 Å². The Morgan fingerprint density at radius 3 is 1.22 bits per heavy atom. The molecule has 0 saturated heterocycles. The average molecular weight is 384 g/mol. The van der Waals surface area contributed by atoms with Gasteiger partial charge in [-0.3, -0.25) is 4.79 Å². The smallest absolute Gasteiger partial charge is 0.221 e. The maximum absolute atomic E-state index is 11.4. The van der Waals surface area contributed by atoms with E-state index in [1.54, 1.807) is 6.92 Å². The summed E-state index contributed by atoms with van der Waals surface area (Å²) in [6.45, 7) is 3.86. The number of aliphatic hydroxyl groups excluding tert-OH is 1. The Kier molecular flexibility index (Phi) is 21.3. The summed E-state index contributed by atoms with van der Waals surface area (Å²) >= 11 is 0. The molecule has 0 fully saturated rings. The first-order valence-corrected chi connectivity index (χ1v) is 12.1. The Labute approximate surface area is 170 Å². The van der Waals surface area contributed by atoms with E-state index in [4.69, 9.17) is 5.11 Å². The first-order chi connectivity index (χ1) is 13.2. The first-order valence-electron chi connectivity index (χ1n) is 12.1. The van der Waals surface area contributed by atoms with Gasteiger partial charge in [0.15, 0.2) is 0 Å². The number of carbonyl (C=O) groups excluding carboxylic acids is 1. The van der Waals surface area contributed by atoms with Gasteiger partial charge in [0.25, 0.3) is 0 Å². The van der Waals surface area contributed by atoms with Crippen molar-refractivity contribution in [3.05, 3.63) is 0 Å². The molecule has 27 heavy (non-hydrogen) atoms. The lowest BCUT2D eigenvalue weighted by Crippen LogP contribution is -2.31. The van der Waals surface area contributed by atoms with Gasteiger partial charge in [-0.15, -0.1) is 0 Å². The van der Waals surface area contributed by atoms with Crippen molar-refractivity contribution in [1.29, 1.82) is 0 Å². The van der Waals surface area contributed by atoms with Gasteiger partial charge >= 0.3 is 0 Å². The third-order valence-corrected chi connectivity index (χ3v) is 5.38. The SMILES string of the molecule is CCCCCCCCCCCCCCCCCCCCCC(=O)NC(C)O. The molecule has 3 heteroatoms. The molecule has 0 aromatic rings. The molecule has 0 saturated carbocycles. The zero-order valence-corrected chi connectivity index (χ0v) is 18.6. The predicted octanol–water partition coefficient (Wildman–Crippen LogP) is 7.26. The van der Waals surface area contributed by atoms with Gasteiger partial charge in [0.1, 0.15) is 6.23 Å². The molecule has 1 unspecified atom stereocenters. The molecule has 0 aliphatic carbocycles. The van der Waals surface area contributed by atoms with E-state index in [1.807, 2.05) is 0 Å². The molecule has 0 aliphatic rings. The minimum atomic E-state index is -0.724. The number of carbonyl (C=O) groups is 1. The van der Waals surface area contributed by atoms with Crippen molar-refractivity contribution in [2.45, 2.75) is 148 Å². The summed E-state index contributed by atoms with van der Waals surface area (Å²) in [4.78, 5) is 11.4. The Morgan fingerprint density at radius 2 is 0.926 bits per heavy atom. The first kappa shape index (κ1) is 26.4. The van der Waals surface area contributed by atoms with E-state index in [0.717, 1.165) is 12.8 Å². The van der Waals surface area contributed by atoms with Crippen LogP contribution in [0.15, 0.2) is 0 Å². The summed E-state index contributed by atoms with van der Waals surface area (Å²) in [6.07, 6.45) is 25.7. The number of hydrogen-bond donors (Lipinski definition) is 2. The van der Waals surface area contributed by atoms with E-state index in [-0.39, 0.29) is 5.91 Å². The van der Waals surface area contributed by atoms with Crippen molar-refractivity contribution < 1.29 is 9.90 Å². The van der Waals surface area contributed by atoms with Crippen LogP contribution in [0, 0.1) is 0 Å². The molecule has 1 amide bonds. The standard InChI is InChI=1S/C24H49NO2/c1-3-4-5-6-7-8-9-10-11-12-13-14-15-16-17-18-19-20-21-22-24(27)25-23(2)26/h23,26H,3-22H2,1-2H3,(H,25,27). The maximum atomic E-state index is 11.4. The second kappa shape index (κ2) is 21.7. The second-order valence-corrected chi connectivity index (χ2v) is 8.36. The Morgan fingerprint density at radius 1 is 0.630 bits per heavy atom. The normalized spacial score (nSPS) is 12.3. The van der Waals surface area contributed by atoms with Crippen molar-refractivity contribution in [2.24, 2.45) is 0 Å². The van der Waals surface area contributed by atoms with Gasteiger partial charge in [0.2, 0.25) is 5.91 Å². The Bertz CT molecular complexity index is 305. The summed E-state index contributed by atoms with van der Waals surface area (Å²) in [7, 11) is 0. The molecular weight excluding hydrogens is 334 g/mol. The summed E-state index contributed by atoms with van der Waals surface area (Å²) in [5.74, 6) is -0.0306. The molecule has 0 heterocycles. The van der Waals surface area contributed by atoms with Gasteiger partial charge in [-0.1, -0.05) is 122 Å². The number of rotatable bonds is 21. The van der Waals surface area contributed by atoms with Gasteiger partial charge in [-0.2, -0.15) is 0 Å². The molecule has 0 aromatic carbocycles. The fourth-order valence-corrected chi connectivity index (χ4v) is 3.67. The lowest BCUT2D eigenvalue weighted by atomic mass is 10.0. The highest BCUT2D eigenvalue weighted by Crippen LogP contribution is 2.14. The van der Waals surface area contributed by atoms with Crippen LogP contribution >= 0.6 is 0 Å². The van der Waals surface area contributed by atoms with Gasteiger partial charge in [-0.05, 0) is 13.3 Å². The molecule has 0 aromatic heterocycles. The van der Waals surface area contributed by atoms with Gasteiger partial charge in [0.05, 0.1) is 0 Å². The minimum Gasteiger partial charge on any atom is -0.374 e. The highest BCUT2D eigenvalue weighted by atomic mass is 16.3. The van der Waals surface area contributed by atoms with Crippen LogP contribution in [-0.4, -0.2) is 17.2 Å². The van der Waals surface area contributed by atoms with Crippen molar-refractivity contribution in [2.75, 3.05) is 0 Å². The van der Waals surface area contributed by atoms with E-state index < -0.39 is 6.23 Å².